The minimum atomic E-state index is 0. The van der Waals surface area contributed by atoms with Crippen LogP contribution in [0.1, 0.15) is 0 Å². The Balaban J connectivity index is 0.000000605. The fourth-order valence-electron chi connectivity index (χ4n) is 0.804. The van der Waals surface area contributed by atoms with Crippen LogP contribution in [0.3, 0.4) is 0 Å². The third-order valence-corrected chi connectivity index (χ3v) is 1.90. The molecule has 0 bridgehead atoms. The molecule has 5 heteroatoms. The van der Waals surface area contributed by atoms with Gasteiger partial charge in [-0.2, -0.15) is 0 Å². The molecule has 2 heterocycles. The summed E-state index contributed by atoms with van der Waals surface area (Å²) in [5, 5.41) is 0. The van der Waals surface area contributed by atoms with Crippen molar-refractivity contribution in [2.45, 2.75) is 0 Å². The van der Waals surface area contributed by atoms with Crippen LogP contribution in [-0.2, 0) is 0 Å². The summed E-state index contributed by atoms with van der Waals surface area (Å²) in [6.07, 6.45) is 5.28. The molecule has 2 rings (SSSR count). The Morgan fingerprint density at radius 1 is 1.27 bits per heavy atom. The first kappa shape index (κ1) is 8.67. The molecule has 0 aromatic carbocycles. The van der Waals surface area contributed by atoms with Gasteiger partial charge in [0.05, 0.1) is 4.60 Å². The SMILES string of the molecule is Br.Brc1ccnc2nccn12. The van der Waals surface area contributed by atoms with E-state index in [-0.39, 0.29) is 17.0 Å². The Kier molecular flexibility index (Phi) is 2.62. The lowest BCUT2D eigenvalue weighted by Crippen LogP contribution is -1.87. The molecule has 2 aromatic rings. The third-order valence-electron chi connectivity index (χ3n) is 1.25. The van der Waals surface area contributed by atoms with E-state index < -0.39 is 0 Å². The van der Waals surface area contributed by atoms with Crippen molar-refractivity contribution in [2.24, 2.45) is 0 Å². The van der Waals surface area contributed by atoms with Gasteiger partial charge in [0.2, 0.25) is 5.78 Å². The van der Waals surface area contributed by atoms with Crippen LogP contribution in [0.5, 0.6) is 0 Å². The highest BCUT2D eigenvalue weighted by Gasteiger charge is 1.95. The molecule has 0 atom stereocenters. The summed E-state index contributed by atoms with van der Waals surface area (Å²) in [7, 11) is 0. The van der Waals surface area contributed by atoms with E-state index in [1.54, 1.807) is 12.4 Å². The van der Waals surface area contributed by atoms with Gasteiger partial charge < -0.3 is 0 Å². The number of imidazole rings is 1. The Labute approximate surface area is 82.4 Å². The number of hydrogen-bond acceptors (Lipinski definition) is 2. The fraction of sp³-hybridized carbons (Fsp3) is 0. The normalized spacial score (nSPS) is 9.55. The topological polar surface area (TPSA) is 30.2 Å². The minimum Gasteiger partial charge on any atom is -0.278 e. The highest BCUT2D eigenvalue weighted by Crippen LogP contribution is 2.08. The average molecular weight is 279 g/mol. The summed E-state index contributed by atoms with van der Waals surface area (Å²) in [5.74, 6) is 0.717. The van der Waals surface area contributed by atoms with Crippen molar-refractivity contribution >= 4 is 38.7 Å². The quantitative estimate of drug-likeness (QED) is 0.691. The van der Waals surface area contributed by atoms with Crippen LogP contribution in [0.15, 0.2) is 29.3 Å². The maximum absolute atomic E-state index is 4.02. The largest absolute Gasteiger partial charge is 0.278 e. The monoisotopic (exact) mass is 277 g/mol. The van der Waals surface area contributed by atoms with Crippen molar-refractivity contribution in [3.63, 3.8) is 0 Å². The predicted octanol–water partition coefficient (Wildman–Crippen LogP) is 2.07. The van der Waals surface area contributed by atoms with E-state index >= 15 is 0 Å². The Bertz CT molecular complexity index is 357. The van der Waals surface area contributed by atoms with Gasteiger partial charge in [-0.25, -0.2) is 9.97 Å². The van der Waals surface area contributed by atoms with E-state index in [2.05, 4.69) is 25.9 Å². The van der Waals surface area contributed by atoms with Gasteiger partial charge in [-0.1, -0.05) is 0 Å². The van der Waals surface area contributed by atoms with Crippen LogP contribution in [-0.4, -0.2) is 14.4 Å². The molecule has 0 aliphatic rings. The van der Waals surface area contributed by atoms with Crippen LogP contribution >= 0.6 is 32.9 Å². The lowest BCUT2D eigenvalue weighted by Gasteiger charge is -1.92. The molecular weight excluding hydrogens is 274 g/mol. The lowest BCUT2D eigenvalue weighted by atomic mass is 10.7. The van der Waals surface area contributed by atoms with Crippen LogP contribution in [0.2, 0.25) is 0 Å². The average Bonchev–Trinajstić information content (AvgIpc) is 2.36. The predicted molar refractivity (Wildman–Crippen MR) is 51.0 cm³/mol. The molecule has 58 valence electrons. The Hall–Kier alpha value is -0.420. The maximum atomic E-state index is 4.02. The van der Waals surface area contributed by atoms with Gasteiger partial charge in [0.1, 0.15) is 0 Å². The van der Waals surface area contributed by atoms with Crippen LogP contribution in [0.25, 0.3) is 5.78 Å². The minimum absolute atomic E-state index is 0. The first-order valence-electron chi connectivity index (χ1n) is 2.81. The van der Waals surface area contributed by atoms with E-state index in [0.29, 0.717) is 0 Å². The second-order valence-electron chi connectivity index (χ2n) is 1.86. The van der Waals surface area contributed by atoms with Crippen LogP contribution in [0, 0.1) is 0 Å². The first-order chi connectivity index (χ1) is 4.88. The molecule has 0 aliphatic carbocycles. The van der Waals surface area contributed by atoms with Crippen molar-refractivity contribution < 1.29 is 0 Å². The molecular formula is C6H5Br2N3. The summed E-state index contributed by atoms with van der Waals surface area (Å²) in [5.41, 5.74) is 0. The van der Waals surface area contributed by atoms with E-state index in [1.165, 1.54) is 0 Å². The Morgan fingerprint density at radius 2 is 2.00 bits per heavy atom. The molecule has 0 radical (unpaired) electrons. The van der Waals surface area contributed by atoms with Crippen molar-refractivity contribution in [1.82, 2.24) is 14.4 Å². The highest BCUT2D eigenvalue weighted by molar-refractivity contribution is 9.10. The second kappa shape index (κ2) is 3.32. The lowest BCUT2D eigenvalue weighted by molar-refractivity contribution is 1.08. The molecule has 0 unspecified atom stereocenters. The van der Waals surface area contributed by atoms with E-state index in [1.807, 2.05) is 16.7 Å². The summed E-state index contributed by atoms with van der Waals surface area (Å²) in [6, 6.07) is 1.87. The van der Waals surface area contributed by atoms with Gasteiger partial charge >= 0.3 is 0 Å². The summed E-state index contributed by atoms with van der Waals surface area (Å²) in [6.45, 7) is 0. The van der Waals surface area contributed by atoms with E-state index in [9.17, 15) is 0 Å². The van der Waals surface area contributed by atoms with Crippen molar-refractivity contribution in [1.29, 1.82) is 0 Å². The van der Waals surface area contributed by atoms with Gasteiger partial charge in [-0.15, -0.1) is 17.0 Å². The summed E-state index contributed by atoms with van der Waals surface area (Å²) < 4.78 is 2.83. The zero-order valence-electron chi connectivity index (χ0n) is 5.44. The smallest absolute Gasteiger partial charge is 0.234 e. The molecule has 3 nitrogen and oxygen atoms in total. The van der Waals surface area contributed by atoms with Gasteiger partial charge in [0, 0.05) is 18.6 Å². The van der Waals surface area contributed by atoms with Crippen molar-refractivity contribution in [3.8, 4) is 0 Å². The summed E-state index contributed by atoms with van der Waals surface area (Å²) >= 11 is 3.36. The number of fused-ring (bicyclic) bond motifs is 1. The van der Waals surface area contributed by atoms with Crippen LogP contribution in [0.4, 0.5) is 0 Å². The highest BCUT2D eigenvalue weighted by atomic mass is 79.9. The number of aromatic nitrogens is 3. The molecule has 0 spiro atoms. The Morgan fingerprint density at radius 3 is 2.73 bits per heavy atom. The van der Waals surface area contributed by atoms with E-state index in [0.717, 1.165) is 10.4 Å². The third kappa shape index (κ3) is 1.44. The molecule has 2 aromatic heterocycles. The van der Waals surface area contributed by atoms with Gasteiger partial charge in [0.15, 0.2) is 0 Å². The zero-order valence-corrected chi connectivity index (χ0v) is 8.74. The number of halogens is 2. The van der Waals surface area contributed by atoms with Gasteiger partial charge in [0.25, 0.3) is 0 Å². The van der Waals surface area contributed by atoms with Crippen molar-refractivity contribution in [2.75, 3.05) is 0 Å². The first-order valence-corrected chi connectivity index (χ1v) is 3.61. The number of hydrogen-bond donors (Lipinski definition) is 0. The zero-order chi connectivity index (χ0) is 6.97. The standard InChI is InChI=1S/C6H4BrN3.BrH/c7-5-1-2-8-6-9-3-4-10(5)6;/h1-4H;1H. The summed E-state index contributed by atoms with van der Waals surface area (Å²) in [4.78, 5) is 8.03. The van der Waals surface area contributed by atoms with Crippen molar-refractivity contribution in [3.05, 3.63) is 29.3 Å². The molecule has 11 heavy (non-hydrogen) atoms. The van der Waals surface area contributed by atoms with Crippen LogP contribution < -0.4 is 0 Å². The fourth-order valence-corrected chi connectivity index (χ4v) is 1.20. The van der Waals surface area contributed by atoms with E-state index in [4.69, 9.17) is 0 Å². The maximum Gasteiger partial charge on any atom is 0.234 e. The molecule has 0 fully saturated rings. The second-order valence-corrected chi connectivity index (χ2v) is 2.68. The number of rotatable bonds is 0. The van der Waals surface area contributed by atoms with Gasteiger partial charge in [-0.3, -0.25) is 4.40 Å². The molecule has 0 saturated heterocycles. The van der Waals surface area contributed by atoms with Gasteiger partial charge in [-0.05, 0) is 22.0 Å². The number of nitrogens with zero attached hydrogens (tertiary/aromatic N) is 3. The molecule has 0 N–H and O–H groups in total. The molecule has 0 saturated carbocycles. The molecule has 0 aliphatic heterocycles. The molecule has 0 amide bonds.